The number of thiophene rings is 1. The summed E-state index contributed by atoms with van der Waals surface area (Å²) in [4.78, 5) is 10.4. The van der Waals surface area contributed by atoms with Crippen LogP contribution in [0.5, 0.6) is 0 Å². The summed E-state index contributed by atoms with van der Waals surface area (Å²) < 4.78 is 2.01. The van der Waals surface area contributed by atoms with Crippen LogP contribution in [0.2, 0.25) is 0 Å². The molecule has 2 radical (unpaired) electrons. The van der Waals surface area contributed by atoms with Crippen molar-refractivity contribution in [3.63, 3.8) is 0 Å². The Morgan fingerprint density at radius 3 is 2.65 bits per heavy atom. The van der Waals surface area contributed by atoms with Gasteiger partial charge in [0.25, 0.3) is 5.69 Å². The van der Waals surface area contributed by atoms with E-state index < -0.39 is 4.92 Å². The van der Waals surface area contributed by atoms with Crippen LogP contribution in [0.25, 0.3) is 20.2 Å². The lowest BCUT2D eigenvalue weighted by atomic mass is 9.92. The third kappa shape index (κ3) is 1.51. The van der Waals surface area contributed by atoms with Crippen molar-refractivity contribution >= 4 is 50.5 Å². The predicted molar refractivity (Wildman–Crippen MR) is 71.4 cm³/mol. The van der Waals surface area contributed by atoms with Crippen molar-refractivity contribution in [3.05, 3.63) is 46.5 Å². The van der Waals surface area contributed by atoms with E-state index in [1.165, 1.54) is 0 Å². The Labute approximate surface area is 102 Å². The Kier molecular flexibility index (Phi) is 2.16. The lowest BCUT2D eigenvalue weighted by Gasteiger charge is -1.97. The number of nitrogens with zero attached hydrogens (tertiary/aromatic N) is 1. The first-order valence-electron chi connectivity index (χ1n) is 5.02. The zero-order valence-corrected chi connectivity index (χ0v) is 9.53. The van der Waals surface area contributed by atoms with Gasteiger partial charge < -0.3 is 0 Å². The summed E-state index contributed by atoms with van der Waals surface area (Å²) in [7, 11) is 5.70. The Bertz CT molecular complexity index is 751. The summed E-state index contributed by atoms with van der Waals surface area (Å²) in [6.07, 6.45) is 0. The van der Waals surface area contributed by atoms with E-state index >= 15 is 0 Å². The average molecular weight is 239 g/mol. The zero-order chi connectivity index (χ0) is 12.0. The third-order valence-electron chi connectivity index (χ3n) is 2.72. The molecule has 1 heterocycles. The number of nitro groups is 1. The topological polar surface area (TPSA) is 43.1 Å². The Morgan fingerprint density at radius 1 is 1.12 bits per heavy atom. The van der Waals surface area contributed by atoms with Gasteiger partial charge in [-0.1, -0.05) is 24.3 Å². The largest absolute Gasteiger partial charge is 0.263 e. The summed E-state index contributed by atoms with van der Waals surface area (Å²) in [6, 6.07) is 11.1. The molecule has 0 saturated carbocycles. The molecule has 0 N–H and O–H groups in total. The fraction of sp³-hybridized carbons (Fsp3) is 0. The molecule has 2 aromatic carbocycles. The van der Waals surface area contributed by atoms with E-state index in [4.69, 9.17) is 7.85 Å². The molecule has 3 nitrogen and oxygen atoms in total. The fourth-order valence-corrected chi connectivity index (χ4v) is 3.06. The molecular formula is C12H6BNO2S. The van der Waals surface area contributed by atoms with Crippen molar-refractivity contribution in [3.8, 4) is 0 Å². The van der Waals surface area contributed by atoms with Crippen LogP contribution >= 0.6 is 11.3 Å². The zero-order valence-electron chi connectivity index (χ0n) is 8.71. The van der Waals surface area contributed by atoms with Crippen molar-refractivity contribution < 1.29 is 4.92 Å². The van der Waals surface area contributed by atoms with Crippen LogP contribution in [-0.2, 0) is 0 Å². The van der Waals surface area contributed by atoms with Gasteiger partial charge in [0.2, 0.25) is 0 Å². The van der Waals surface area contributed by atoms with Gasteiger partial charge in [-0.15, -0.1) is 11.3 Å². The summed E-state index contributed by atoms with van der Waals surface area (Å²) in [5.41, 5.74) is 0.190. The molecule has 3 rings (SSSR count). The maximum atomic E-state index is 10.8. The van der Waals surface area contributed by atoms with Crippen molar-refractivity contribution in [1.29, 1.82) is 0 Å². The first kappa shape index (κ1) is 10.3. The van der Waals surface area contributed by atoms with Gasteiger partial charge >= 0.3 is 0 Å². The minimum absolute atomic E-state index is 0.0240. The first-order valence-corrected chi connectivity index (χ1v) is 5.83. The van der Waals surface area contributed by atoms with Crippen LogP contribution in [0.1, 0.15) is 0 Å². The van der Waals surface area contributed by atoms with Gasteiger partial charge in [0.15, 0.2) is 0 Å². The van der Waals surface area contributed by atoms with Gasteiger partial charge in [-0.2, -0.15) is 0 Å². The minimum Gasteiger partial charge on any atom is -0.258 e. The number of hydrogen-bond acceptors (Lipinski definition) is 3. The SMILES string of the molecule is [B]c1cc2c(cc1[N+](=O)[O-])sc1ccccc12. The van der Waals surface area contributed by atoms with E-state index in [-0.39, 0.29) is 11.2 Å². The predicted octanol–water partition coefficient (Wildman–Crippen LogP) is 2.76. The molecule has 0 aliphatic carbocycles. The molecule has 0 atom stereocenters. The second-order valence-electron chi connectivity index (χ2n) is 3.76. The van der Waals surface area contributed by atoms with Gasteiger partial charge in [-0.25, -0.2) is 0 Å². The first-order chi connectivity index (χ1) is 8.16. The smallest absolute Gasteiger partial charge is 0.258 e. The van der Waals surface area contributed by atoms with Crippen LogP contribution in [0, 0.1) is 10.1 Å². The lowest BCUT2D eigenvalue weighted by molar-refractivity contribution is -0.383. The lowest BCUT2D eigenvalue weighted by Crippen LogP contribution is -2.08. The standard InChI is InChI=1S/C12H6BNO2S/c13-9-5-8-7-3-1-2-4-11(7)17-12(8)6-10(9)14(15)16/h1-6H. The molecule has 80 valence electrons. The molecule has 17 heavy (non-hydrogen) atoms. The van der Waals surface area contributed by atoms with E-state index in [2.05, 4.69) is 0 Å². The molecular weight excluding hydrogens is 233 g/mol. The molecule has 0 amide bonds. The third-order valence-corrected chi connectivity index (χ3v) is 3.86. The molecule has 0 bridgehead atoms. The summed E-state index contributed by atoms with van der Waals surface area (Å²) in [6.45, 7) is 0. The van der Waals surface area contributed by atoms with Gasteiger partial charge in [0.05, 0.1) is 4.92 Å². The van der Waals surface area contributed by atoms with Crippen LogP contribution in [0.4, 0.5) is 5.69 Å². The molecule has 5 heteroatoms. The molecule has 0 fully saturated rings. The number of fused-ring (bicyclic) bond motifs is 3. The highest BCUT2D eigenvalue weighted by Crippen LogP contribution is 2.34. The van der Waals surface area contributed by atoms with Crippen LogP contribution in [0.15, 0.2) is 36.4 Å². The van der Waals surface area contributed by atoms with Crippen molar-refractivity contribution in [2.45, 2.75) is 0 Å². The Balaban J connectivity index is 2.46. The normalized spacial score (nSPS) is 11.1. The highest BCUT2D eigenvalue weighted by atomic mass is 32.1. The van der Waals surface area contributed by atoms with Crippen LogP contribution < -0.4 is 5.46 Å². The highest BCUT2D eigenvalue weighted by molar-refractivity contribution is 7.25. The maximum Gasteiger partial charge on any atom is 0.263 e. The monoisotopic (exact) mass is 239 g/mol. The summed E-state index contributed by atoms with van der Waals surface area (Å²) in [5.74, 6) is 0. The number of hydrogen-bond donors (Lipinski definition) is 0. The van der Waals surface area contributed by atoms with Gasteiger partial charge in [0, 0.05) is 26.2 Å². The van der Waals surface area contributed by atoms with Crippen molar-refractivity contribution in [1.82, 2.24) is 0 Å². The summed E-state index contributed by atoms with van der Waals surface area (Å²) in [5, 5.41) is 12.9. The van der Waals surface area contributed by atoms with E-state index in [0.29, 0.717) is 0 Å². The Hall–Kier alpha value is -1.88. The number of rotatable bonds is 1. The summed E-state index contributed by atoms with van der Waals surface area (Å²) >= 11 is 1.54. The van der Waals surface area contributed by atoms with Gasteiger partial charge in [-0.05, 0) is 11.5 Å². The molecule has 0 aliphatic heterocycles. The Morgan fingerprint density at radius 2 is 1.88 bits per heavy atom. The molecule has 3 aromatic rings. The molecule has 0 saturated heterocycles. The highest BCUT2D eigenvalue weighted by Gasteiger charge is 2.13. The number of benzene rings is 2. The molecule has 1 aromatic heterocycles. The number of nitro benzene ring substituents is 1. The van der Waals surface area contributed by atoms with Crippen LogP contribution in [-0.4, -0.2) is 12.8 Å². The van der Waals surface area contributed by atoms with E-state index in [9.17, 15) is 10.1 Å². The second kappa shape index (κ2) is 3.57. The van der Waals surface area contributed by atoms with E-state index in [0.717, 1.165) is 20.2 Å². The molecule has 0 aliphatic rings. The average Bonchev–Trinajstić information content (AvgIpc) is 2.65. The molecule has 0 unspecified atom stereocenters. The van der Waals surface area contributed by atoms with Gasteiger partial charge in [-0.3, -0.25) is 10.1 Å². The molecule has 0 spiro atoms. The quantitative estimate of drug-likeness (QED) is 0.372. The minimum atomic E-state index is -0.445. The van der Waals surface area contributed by atoms with Crippen LogP contribution in [0.3, 0.4) is 0 Å². The van der Waals surface area contributed by atoms with E-state index in [1.807, 2.05) is 24.3 Å². The second-order valence-corrected chi connectivity index (χ2v) is 4.85. The van der Waals surface area contributed by atoms with Crippen molar-refractivity contribution in [2.75, 3.05) is 0 Å². The fourth-order valence-electron chi connectivity index (χ4n) is 1.94. The van der Waals surface area contributed by atoms with Crippen molar-refractivity contribution in [2.24, 2.45) is 0 Å². The van der Waals surface area contributed by atoms with Gasteiger partial charge in [0.1, 0.15) is 7.85 Å². The van der Waals surface area contributed by atoms with E-state index in [1.54, 1.807) is 23.5 Å². The maximum absolute atomic E-state index is 10.8.